The van der Waals surface area contributed by atoms with Crippen molar-refractivity contribution in [1.29, 1.82) is 0 Å². The number of nitrogens with one attached hydrogen (secondary N) is 1. The Morgan fingerprint density at radius 2 is 1.63 bits per heavy atom. The van der Waals surface area contributed by atoms with Crippen LogP contribution in [0, 0.1) is 11.2 Å². The van der Waals surface area contributed by atoms with Gasteiger partial charge >= 0.3 is 0 Å². The van der Waals surface area contributed by atoms with Crippen molar-refractivity contribution in [2.24, 2.45) is 5.41 Å². The van der Waals surface area contributed by atoms with Gasteiger partial charge in [0.05, 0.1) is 0 Å². The maximum Gasteiger partial charge on any atom is 0.255 e. The number of aromatic nitrogens is 1. The zero-order valence-electron chi connectivity index (χ0n) is 30.0. The van der Waals surface area contributed by atoms with E-state index in [-0.39, 0.29) is 23.8 Å². The molecule has 10 heteroatoms. The van der Waals surface area contributed by atoms with Crippen LogP contribution in [0.25, 0.3) is 11.1 Å². The highest BCUT2D eigenvalue weighted by atomic mass is 32.1. The number of aromatic hydroxyl groups is 1. The topological polar surface area (TPSA) is 89.0 Å². The van der Waals surface area contributed by atoms with Crippen LogP contribution < -0.4 is 10.2 Å². The first kappa shape index (κ1) is 36.5. The number of nitrogens with zero attached hydrogens (tertiary/aromatic N) is 4. The molecule has 1 atom stereocenters. The number of hydrogen-bond acceptors (Lipinski definition) is 7. The maximum absolute atomic E-state index is 14.4. The number of phenolic OH excluding ortho intramolecular Hbond substituents is 1. The van der Waals surface area contributed by atoms with E-state index in [1.54, 1.807) is 11.6 Å². The molecule has 1 aromatic heterocycles. The molecule has 2 aliphatic heterocycles. The molecule has 0 spiro atoms. The number of hydrogen-bond donors (Lipinski definition) is 2. The van der Waals surface area contributed by atoms with Crippen LogP contribution in [-0.2, 0) is 11.3 Å². The summed E-state index contributed by atoms with van der Waals surface area (Å²) < 4.78 is 14.4. The number of thiazole rings is 1. The van der Waals surface area contributed by atoms with Crippen molar-refractivity contribution in [2.45, 2.75) is 78.3 Å². The highest BCUT2D eigenvalue weighted by molar-refractivity contribution is 7.13. The van der Waals surface area contributed by atoms with E-state index in [4.69, 9.17) is 0 Å². The van der Waals surface area contributed by atoms with Crippen LogP contribution in [-0.4, -0.2) is 64.4 Å². The van der Waals surface area contributed by atoms with Crippen LogP contribution in [0.1, 0.15) is 93.2 Å². The Kier molecular flexibility index (Phi) is 11.7. The van der Waals surface area contributed by atoms with E-state index >= 15 is 0 Å². The molecule has 0 aliphatic carbocycles. The van der Waals surface area contributed by atoms with Crippen molar-refractivity contribution in [2.75, 3.05) is 42.9 Å². The van der Waals surface area contributed by atoms with Crippen LogP contribution in [0.2, 0.25) is 0 Å². The van der Waals surface area contributed by atoms with Crippen molar-refractivity contribution in [3.63, 3.8) is 0 Å². The van der Waals surface area contributed by atoms with E-state index < -0.39 is 17.8 Å². The van der Waals surface area contributed by atoms with Gasteiger partial charge in [0.1, 0.15) is 17.6 Å². The van der Waals surface area contributed by atoms with Crippen molar-refractivity contribution >= 4 is 34.0 Å². The van der Waals surface area contributed by atoms with Crippen LogP contribution in [0.3, 0.4) is 0 Å². The number of carbonyl (C=O) groups is 2. The molecule has 0 saturated carbocycles. The summed E-state index contributed by atoms with van der Waals surface area (Å²) in [6, 6.07) is 16.4. The van der Waals surface area contributed by atoms with Gasteiger partial charge in [-0.2, -0.15) is 0 Å². The molecular weight excluding hydrogens is 662 g/mol. The van der Waals surface area contributed by atoms with Gasteiger partial charge in [-0.1, -0.05) is 77.1 Å². The van der Waals surface area contributed by atoms with Gasteiger partial charge in [0.15, 0.2) is 5.13 Å². The molecule has 2 aliphatic rings. The third-order valence-electron chi connectivity index (χ3n) is 10.0. The largest absolute Gasteiger partial charge is 0.508 e. The molecule has 3 heterocycles. The van der Waals surface area contributed by atoms with Gasteiger partial charge in [-0.05, 0) is 77.9 Å². The number of halogens is 1. The molecule has 8 nitrogen and oxygen atoms in total. The summed E-state index contributed by atoms with van der Waals surface area (Å²) in [5, 5.41) is 15.4. The molecule has 1 saturated heterocycles. The minimum absolute atomic E-state index is 0.0133. The Labute approximate surface area is 305 Å². The minimum atomic E-state index is -1.26. The third-order valence-corrected chi connectivity index (χ3v) is 10.7. The molecule has 6 rings (SSSR count). The Morgan fingerprint density at radius 1 is 0.922 bits per heavy atom. The van der Waals surface area contributed by atoms with Gasteiger partial charge in [-0.25, -0.2) is 9.37 Å². The molecule has 3 aromatic carbocycles. The first-order valence-electron chi connectivity index (χ1n) is 18.3. The maximum atomic E-state index is 14.4. The fourth-order valence-corrected chi connectivity index (χ4v) is 7.69. The summed E-state index contributed by atoms with van der Waals surface area (Å²) in [6.45, 7) is 12.5. The van der Waals surface area contributed by atoms with E-state index in [2.05, 4.69) is 65.1 Å². The molecule has 1 unspecified atom stereocenters. The minimum Gasteiger partial charge on any atom is -0.508 e. The summed E-state index contributed by atoms with van der Waals surface area (Å²) in [5.41, 5.74) is 4.79. The second-order valence-electron chi connectivity index (χ2n) is 15.0. The highest BCUT2D eigenvalue weighted by Crippen LogP contribution is 2.38. The standard InChI is InChI=1S/C41H50FN5O3S/c1-41(2,3)18-8-6-4-5-7-9-20-45-21-23-46(24-22-45)33-15-12-29(13-16-33)30-10-11-31-28-47(39(50)34(31)26-30)37(35-27-32(42)14-17-36(35)48)38(49)44-40-43-19-25-51-40/h10-17,19,25-27,37,48H,4-9,18,20-24,28H2,1-3H3,(H,43,44,49). The van der Waals surface area contributed by atoms with Crippen molar-refractivity contribution in [3.05, 3.63) is 94.7 Å². The number of anilines is 2. The summed E-state index contributed by atoms with van der Waals surface area (Å²) in [6.07, 6.45) is 10.9. The Bertz CT molecular complexity index is 1780. The predicted octanol–water partition coefficient (Wildman–Crippen LogP) is 8.89. The predicted molar refractivity (Wildman–Crippen MR) is 204 cm³/mol. The fourth-order valence-electron chi connectivity index (χ4n) is 7.16. The fraction of sp³-hybridized carbons (Fsp3) is 0.439. The van der Waals surface area contributed by atoms with E-state index in [9.17, 15) is 19.1 Å². The van der Waals surface area contributed by atoms with Gasteiger partial charge in [-0.15, -0.1) is 11.3 Å². The number of phenols is 1. The molecule has 2 amide bonds. The van der Waals surface area contributed by atoms with E-state index in [1.807, 2.05) is 18.2 Å². The molecule has 0 radical (unpaired) electrons. The lowest BCUT2D eigenvalue weighted by molar-refractivity contribution is -0.120. The van der Waals surface area contributed by atoms with Crippen molar-refractivity contribution in [1.82, 2.24) is 14.8 Å². The van der Waals surface area contributed by atoms with Crippen molar-refractivity contribution in [3.8, 4) is 16.9 Å². The lowest BCUT2D eigenvalue weighted by atomic mass is 9.89. The quantitative estimate of drug-likeness (QED) is 0.127. The summed E-state index contributed by atoms with van der Waals surface area (Å²) in [7, 11) is 0. The molecular formula is C41H50FN5O3S. The lowest BCUT2D eigenvalue weighted by Gasteiger charge is -2.36. The summed E-state index contributed by atoms with van der Waals surface area (Å²) in [5.74, 6) is -1.83. The Morgan fingerprint density at radius 3 is 2.33 bits per heavy atom. The summed E-state index contributed by atoms with van der Waals surface area (Å²) in [4.78, 5) is 38.0. The zero-order chi connectivity index (χ0) is 36.0. The number of rotatable bonds is 14. The number of carbonyl (C=O) groups excluding carboxylic acids is 2. The second-order valence-corrected chi connectivity index (χ2v) is 15.9. The molecule has 0 bridgehead atoms. The first-order chi connectivity index (χ1) is 24.6. The Hall–Kier alpha value is -4.28. The van der Waals surface area contributed by atoms with Crippen molar-refractivity contribution < 1.29 is 19.1 Å². The van der Waals surface area contributed by atoms with Gasteiger partial charge in [0, 0.05) is 61.1 Å². The zero-order valence-corrected chi connectivity index (χ0v) is 30.9. The smallest absolute Gasteiger partial charge is 0.255 e. The summed E-state index contributed by atoms with van der Waals surface area (Å²) >= 11 is 1.23. The SMILES string of the molecule is CC(C)(C)CCCCCCCCN1CCN(c2ccc(-c3ccc4c(c3)C(=O)N(C(C(=O)Nc3nccs3)c3cc(F)ccc3O)C4)cc2)CC1. The van der Waals surface area contributed by atoms with Crippen LogP contribution in [0.15, 0.2) is 72.2 Å². The molecule has 1 fully saturated rings. The Balaban J connectivity index is 1.04. The molecule has 270 valence electrons. The number of benzene rings is 3. The second kappa shape index (κ2) is 16.4. The van der Waals surface area contributed by atoms with E-state index in [0.29, 0.717) is 16.1 Å². The van der Waals surface area contributed by atoms with Crippen LogP contribution >= 0.6 is 11.3 Å². The average Bonchev–Trinajstić information content (AvgIpc) is 3.74. The molecule has 4 aromatic rings. The monoisotopic (exact) mass is 711 g/mol. The average molecular weight is 712 g/mol. The van der Waals surface area contributed by atoms with Gasteiger partial charge in [-0.3, -0.25) is 19.8 Å². The van der Waals surface area contributed by atoms with E-state index in [0.717, 1.165) is 55.0 Å². The first-order valence-corrected chi connectivity index (χ1v) is 19.1. The van der Waals surface area contributed by atoms with Gasteiger partial charge in [0.2, 0.25) is 0 Å². The van der Waals surface area contributed by atoms with Crippen LogP contribution in [0.4, 0.5) is 15.2 Å². The number of fused-ring (bicyclic) bond motifs is 1. The van der Waals surface area contributed by atoms with E-state index in [1.165, 1.54) is 79.5 Å². The molecule has 51 heavy (non-hydrogen) atoms. The van der Waals surface area contributed by atoms with Crippen LogP contribution in [0.5, 0.6) is 5.75 Å². The normalized spacial score (nSPS) is 15.6. The van der Waals surface area contributed by atoms with Gasteiger partial charge in [0.25, 0.3) is 11.8 Å². The molecule has 2 N–H and O–H groups in total. The highest BCUT2D eigenvalue weighted by Gasteiger charge is 2.39. The number of unbranched alkanes of at least 4 members (excludes halogenated alkanes) is 5. The number of piperazine rings is 1. The van der Waals surface area contributed by atoms with Gasteiger partial charge < -0.3 is 14.9 Å². The lowest BCUT2D eigenvalue weighted by Crippen LogP contribution is -2.46. The number of amides is 2. The third kappa shape index (κ3) is 9.34.